The third-order valence-corrected chi connectivity index (χ3v) is 6.03. The Morgan fingerprint density at radius 3 is 2.72 bits per heavy atom. The quantitative estimate of drug-likeness (QED) is 0.439. The zero-order valence-corrected chi connectivity index (χ0v) is 16.7. The molecule has 2 aromatic rings. The van der Waals surface area contributed by atoms with Crippen LogP contribution in [0.25, 0.3) is 17.4 Å². The van der Waals surface area contributed by atoms with Gasteiger partial charge in [0.2, 0.25) is 0 Å². The summed E-state index contributed by atoms with van der Waals surface area (Å²) in [6.07, 6.45) is 2.57. The Kier molecular flexibility index (Phi) is 5.58. The predicted molar refractivity (Wildman–Crippen MR) is 109 cm³/mol. The zero-order chi connectivity index (χ0) is 18.1. The van der Waals surface area contributed by atoms with Crippen molar-refractivity contribution < 1.29 is 9.21 Å². The monoisotopic (exact) mass is 411 g/mol. The molecule has 1 aromatic heterocycles. The fraction of sp³-hybridized carbons (Fsp3) is 0.222. The Labute approximate surface area is 166 Å². The maximum atomic E-state index is 12.6. The van der Waals surface area contributed by atoms with E-state index in [9.17, 15) is 4.79 Å². The molecule has 1 amide bonds. The molecule has 3 nitrogen and oxygen atoms in total. The van der Waals surface area contributed by atoms with Crippen LogP contribution < -0.4 is 0 Å². The topological polar surface area (TPSA) is 33.5 Å². The lowest BCUT2D eigenvalue weighted by Crippen LogP contribution is -2.36. The summed E-state index contributed by atoms with van der Waals surface area (Å²) >= 11 is 18.6. The second-order valence-electron chi connectivity index (χ2n) is 5.64. The van der Waals surface area contributed by atoms with E-state index < -0.39 is 0 Å². The highest BCUT2D eigenvalue weighted by Crippen LogP contribution is 2.35. The summed E-state index contributed by atoms with van der Waals surface area (Å²) < 4.78 is 6.41. The van der Waals surface area contributed by atoms with Gasteiger partial charge in [-0.1, -0.05) is 54.1 Å². The third kappa shape index (κ3) is 3.80. The third-order valence-electron chi connectivity index (χ3n) is 3.96. The smallest absolute Gasteiger partial charge is 0.266 e. The fourth-order valence-corrected chi connectivity index (χ4v) is 4.15. The van der Waals surface area contributed by atoms with Crippen molar-refractivity contribution in [1.29, 1.82) is 0 Å². The minimum Gasteiger partial charge on any atom is -0.457 e. The van der Waals surface area contributed by atoms with E-state index in [4.69, 9.17) is 39.8 Å². The molecule has 1 aromatic carbocycles. The maximum absolute atomic E-state index is 12.6. The van der Waals surface area contributed by atoms with Crippen molar-refractivity contribution >= 4 is 63.5 Å². The number of carbonyl (C=O) groups is 1. The SMILES string of the molecule is CC[C@@H](C)N1C(=O)/C(=C/c2ccc(-c3ccc(Cl)c(Cl)c3)o2)SC1=S. The van der Waals surface area contributed by atoms with Crippen molar-refractivity contribution in [3.63, 3.8) is 0 Å². The fourth-order valence-electron chi connectivity index (χ4n) is 2.41. The molecule has 3 rings (SSSR count). The molecule has 0 unspecified atom stereocenters. The molecular formula is C18H15Cl2NO2S2. The minimum absolute atomic E-state index is 0.0724. The Bertz CT molecular complexity index is 876. The van der Waals surface area contributed by atoms with Gasteiger partial charge in [0.05, 0.1) is 15.0 Å². The van der Waals surface area contributed by atoms with Gasteiger partial charge in [-0.05, 0) is 43.7 Å². The molecule has 0 bridgehead atoms. The first kappa shape index (κ1) is 18.5. The predicted octanol–water partition coefficient (Wildman–Crippen LogP) is 6.25. The highest BCUT2D eigenvalue weighted by atomic mass is 35.5. The Hall–Kier alpha value is -1.27. The standard InChI is InChI=1S/C18H15Cl2NO2S2/c1-3-10(2)21-17(22)16(25-18(21)24)9-12-5-7-15(23-12)11-4-6-13(19)14(20)8-11/h4-10H,3H2,1-2H3/b16-9-/t10-/m1/s1. The molecule has 7 heteroatoms. The highest BCUT2D eigenvalue weighted by Gasteiger charge is 2.34. The number of nitrogens with zero attached hydrogens (tertiary/aromatic N) is 1. The number of thiocarbonyl (C=S) groups is 1. The second-order valence-corrected chi connectivity index (χ2v) is 8.13. The van der Waals surface area contributed by atoms with E-state index in [0.29, 0.717) is 30.8 Å². The van der Waals surface area contributed by atoms with Gasteiger partial charge in [-0.3, -0.25) is 9.69 Å². The lowest BCUT2D eigenvalue weighted by Gasteiger charge is -2.21. The Morgan fingerprint density at radius 2 is 2.04 bits per heavy atom. The normalized spacial score (nSPS) is 17.6. The van der Waals surface area contributed by atoms with Crippen LogP contribution in [0, 0.1) is 0 Å². The summed E-state index contributed by atoms with van der Waals surface area (Å²) in [6.45, 7) is 4.02. The van der Waals surface area contributed by atoms with Crippen molar-refractivity contribution in [2.75, 3.05) is 0 Å². The van der Waals surface area contributed by atoms with Crippen molar-refractivity contribution in [2.24, 2.45) is 0 Å². The van der Waals surface area contributed by atoms with E-state index in [0.717, 1.165) is 12.0 Å². The van der Waals surface area contributed by atoms with Crippen LogP contribution in [0.4, 0.5) is 0 Å². The van der Waals surface area contributed by atoms with Crippen molar-refractivity contribution in [1.82, 2.24) is 4.90 Å². The van der Waals surface area contributed by atoms with Gasteiger partial charge in [0.1, 0.15) is 15.8 Å². The van der Waals surface area contributed by atoms with Gasteiger partial charge >= 0.3 is 0 Å². The first-order chi connectivity index (χ1) is 11.9. The van der Waals surface area contributed by atoms with Crippen molar-refractivity contribution in [3.8, 4) is 11.3 Å². The summed E-state index contributed by atoms with van der Waals surface area (Å²) in [6, 6.07) is 9.03. The van der Waals surface area contributed by atoms with Gasteiger partial charge in [0, 0.05) is 17.7 Å². The van der Waals surface area contributed by atoms with Gasteiger partial charge < -0.3 is 4.42 Å². The zero-order valence-electron chi connectivity index (χ0n) is 13.6. The molecule has 1 saturated heterocycles. The molecule has 1 fully saturated rings. The molecule has 1 aliphatic heterocycles. The van der Waals surface area contributed by atoms with E-state index in [2.05, 4.69) is 0 Å². The van der Waals surface area contributed by atoms with Crippen LogP contribution in [0.2, 0.25) is 10.0 Å². The van der Waals surface area contributed by atoms with Crippen molar-refractivity contribution in [2.45, 2.75) is 26.3 Å². The summed E-state index contributed by atoms with van der Waals surface area (Å²) in [5.41, 5.74) is 0.821. The molecule has 0 N–H and O–H groups in total. The number of hydrogen-bond donors (Lipinski definition) is 0. The second kappa shape index (κ2) is 7.54. The first-order valence-corrected chi connectivity index (χ1v) is 9.71. The van der Waals surface area contributed by atoms with Crippen LogP contribution in [0.15, 0.2) is 39.7 Å². The number of benzene rings is 1. The molecule has 2 heterocycles. The van der Waals surface area contributed by atoms with Crippen LogP contribution in [-0.2, 0) is 4.79 Å². The van der Waals surface area contributed by atoms with Crippen LogP contribution in [0.1, 0.15) is 26.0 Å². The van der Waals surface area contributed by atoms with Gasteiger partial charge in [-0.2, -0.15) is 0 Å². The molecule has 0 aliphatic carbocycles. The van der Waals surface area contributed by atoms with E-state index in [1.54, 1.807) is 23.1 Å². The van der Waals surface area contributed by atoms with Crippen LogP contribution in [0.5, 0.6) is 0 Å². The highest BCUT2D eigenvalue weighted by molar-refractivity contribution is 8.26. The average Bonchev–Trinajstić information content (AvgIpc) is 3.15. The molecule has 0 radical (unpaired) electrons. The molecule has 1 aliphatic rings. The van der Waals surface area contributed by atoms with Gasteiger partial charge in [-0.15, -0.1) is 0 Å². The maximum Gasteiger partial charge on any atom is 0.266 e. The molecule has 130 valence electrons. The van der Waals surface area contributed by atoms with Gasteiger partial charge in [0.25, 0.3) is 5.91 Å². The van der Waals surface area contributed by atoms with E-state index >= 15 is 0 Å². The first-order valence-electron chi connectivity index (χ1n) is 7.73. The number of rotatable bonds is 4. The summed E-state index contributed by atoms with van der Waals surface area (Å²) in [7, 11) is 0. The summed E-state index contributed by atoms with van der Waals surface area (Å²) in [5, 5.41) is 0.956. The van der Waals surface area contributed by atoms with Gasteiger partial charge in [0.15, 0.2) is 0 Å². The number of furan rings is 1. The van der Waals surface area contributed by atoms with E-state index in [1.807, 2.05) is 32.0 Å². The van der Waals surface area contributed by atoms with Crippen LogP contribution in [-0.4, -0.2) is 21.2 Å². The molecular weight excluding hydrogens is 397 g/mol. The van der Waals surface area contributed by atoms with E-state index in [-0.39, 0.29) is 11.9 Å². The largest absolute Gasteiger partial charge is 0.457 e. The molecule has 0 saturated carbocycles. The van der Waals surface area contributed by atoms with Crippen molar-refractivity contribution in [3.05, 3.63) is 51.0 Å². The number of carbonyl (C=O) groups excluding carboxylic acids is 1. The molecule has 25 heavy (non-hydrogen) atoms. The molecule has 0 spiro atoms. The van der Waals surface area contributed by atoms with E-state index in [1.165, 1.54) is 11.8 Å². The Balaban J connectivity index is 1.86. The number of hydrogen-bond acceptors (Lipinski definition) is 4. The summed E-state index contributed by atoms with van der Waals surface area (Å²) in [4.78, 5) is 14.8. The molecule has 1 atom stereocenters. The lowest BCUT2D eigenvalue weighted by molar-refractivity contribution is -0.123. The summed E-state index contributed by atoms with van der Waals surface area (Å²) in [5.74, 6) is 1.17. The Morgan fingerprint density at radius 1 is 1.28 bits per heavy atom. The van der Waals surface area contributed by atoms with Crippen LogP contribution in [0.3, 0.4) is 0 Å². The lowest BCUT2D eigenvalue weighted by atomic mass is 10.2. The number of amides is 1. The number of thioether (sulfide) groups is 1. The average molecular weight is 412 g/mol. The van der Waals surface area contributed by atoms with Crippen LogP contribution >= 0.6 is 47.2 Å². The van der Waals surface area contributed by atoms with Gasteiger partial charge in [-0.25, -0.2) is 0 Å². The number of halogens is 2. The minimum atomic E-state index is -0.0724.